The van der Waals surface area contributed by atoms with Gasteiger partial charge in [0.1, 0.15) is 0 Å². The number of hydrogen-bond donors (Lipinski definition) is 2. The number of carbonyl (C=O) groups is 2. The lowest BCUT2D eigenvalue weighted by atomic mass is 9.92. The first-order chi connectivity index (χ1) is 9.46. The first-order valence-corrected chi connectivity index (χ1v) is 7.95. The van der Waals surface area contributed by atoms with Gasteiger partial charge in [-0.2, -0.15) is 0 Å². The summed E-state index contributed by atoms with van der Waals surface area (Å²) in [6.07, 6.45) is 3.60. The van der Waals surface area contributed by atoms with E-state index in [1.165, 1.54) is 11.3 Å². The molecule has 0 saturated heterocycles. The SMILES string of the molecule is CC1(C)CCC(NC(=O)CCNC(=O)c2cccs2)C1. The first-order valence-electron chi connectivity index (χ1n) is 7.07. The molecule has 2 rings (SSSR count). The average molecular weight is 294 g/mol. The van der Waals surface area contributed by atoms with E-state index in [2.05, 4.69) is 24.5 Å². The average Bonchev–Trinajstić information content (AvgIpc) is 2.98. The van der Waals surface area contributed by atoms with Crippen LogP contribution in [0.25, 0.3) is 0 Å². The van der Waals surface area contributed by atoms with Crippen molar-refractivity contribution in [1.82, 2.24) is 10.6 Å². The van der Waals surface area contributed by atoms with Crippen LogP contribution in [0.15, 0.2) is 17.5 Å². The van der Waals surface area contributed by atoms with Gasteiger partial charge in [0.15, 0.2) is 0 Å². The van der Waals surface area contributed by atoms with Gasteiger partial charge in [-0.05, 0) is 36.1 Å². The summed E-state index contributed by atoms with van der Waals surface area (Å²) in [5, 5.41) is 7.69. The third kappa shape index (κ3) is 4.34. The van der Waals surface area contributed by atoms with Crippen LogP contribution >= 0.6 is 11.3 Å². The quantitative estimate of drug-likeness (QED) is 0.877. The van der Waals surface area contributed by atoms with Crippen LogP contribution in [0.1, 0.15) is 49.2 Å². The Morgan fingerprint density at radius 3 is 2.85 bits per heavy atom. The largest absolute Gasteiger partial charge is 0.353 e. The van der Waals surface area contributed by atoms with Gasteiger partial charge in [-0.1, -0.05) is 19.9 Å². The Bertz CT molecular complexity index is 468. The maximum Gasteiger partial charge on any atom is 0.261 e. The molecule has 1 aliphatic rings. The smallest absolute Gasteiger partial charge is 0.261 e. The number of hydrogen-bond acceptors (Lipinski definition) is 3. The lowest BCUT2D eigenvalue weighted by molar-refractivity contribution is -0.121. The summed E-state index contributed by atoms with van der Waals surface area (Å²) in [7, 11) is 0. The first kappa shape index (κ1) is 15.0. The maximum atomic E-state index is 11.8. The van der Waals surface area contributed by atoms with Gasteiger partial charge >= 0.3 is 0 Å². The van der Waals surface area contributed by atoms with Crippen molar-refractivity contribution in [2.75, 3.05) is 6.54 Å². The molecule has 1 aromatic rings. The summed E-state index contributed by atoms with van der Waals surface area (Å²) in [5.74, 6) is -0.0750. The van der Waals surface area contributed by atoms with Crippen LogP contribution in [0.4, 0.5) is 0 Å². The molecule has 1 unspecified atom stereocenters. The fourth-order valence-corrected chi connectivity index (χ4v) is 3.28. The number of nitrogens with one attached hydrogen (secondary N) is 2. The summed E-state index contributed by atoms with van der Waals surface area (Å²) >= 11 is 1.40. The van der Waals surface area contributed by atoms with E-state index in [9.17, 15) is 9.59 Å². The maximum absolute atomic E-state index is 11.8. The molecule has 1 aromatic heterocycles. The molecule has 0 spiro atoms. The Labute approximate surface area is 124 Å². The highest BCUT2D eigenvalue weighted by Gasteiger charge is 2.31. The molecule has 1 heterocycles. The van der Waals surface area contributed by atoms with Gasteiger partial charge in [0.2, 0.25) is 5.91 Å². The zero-order valence-corrected chi connectivity index (χ0v) is 12.9. The minimum absolute atomic E-state index is 0.0270. The zero-order valence-electron chi connectivity index (χ0n) is 12.1. The molecular formula is C15H22N2O2S. The summed E-state index contributed by atoms with van der Waals surface area (Å²) in [6, 6.07) is 3.92. The highest BCUT2D eigenvalue weighted by Crippen LogP contribution is 2.36. The van der Waals surface area contributed by atoms with E-state index in [4.69, 9.17) is 0 Å². The van der Waals surface area contributed by atoms with Crippen molar-refractivity contribution < 1.29 is 9.59 Å². The van der Waals surface area contributed by atoms with Crippen LogP contribution in [0.3, 0.4) is 0 Å². The summed E-state index contributed by atoms with van der Waals surface area (Å²) in [6.45, 7) is 4.86. The Morgan fingerprint density at radius 1 is 1.45 bits per heavy atom. The van der Waals surface area contributed by atoms with E-state index in [0.717, 1.165) is 19.3 Å². The van der Waals surface area contributed by atoms with E-state index in [-0.39, 0.29) is 11.8 Å². The summed E-state index contributed by atoms with van der Waals surface area (Å²) in [4.78, 5) is 24.2. The van der Waals surface area contributed by atoms with Crippen molar-refractivity contribution in [3.8, 4) is 0 Å². The van der Waals surface area contributed by atoms with Crippen molar-refractivity contribution in [2.24, 2.45) is 5.41 Å². The topological polar surface area (TPSA) is 58.2 Å². The highest BCUT2D eigenvalue weighted by molar-refractivity contribution is 7.12. The molecule has 4 nitrogen and oxygen atoms in total. The molecule has 0 radical (unpaired) electrons. The third-order valence-electron chi connectivity index (χ3n) is 3.72. The normalized spacial score (nSPS) is 20.6. The van der Waals surface area contributed by atoms with Gasteiger partial charge in [-0.3, -0.25) is 9.59 Å². The van der Waals surface area contributed by atoms with Crippen LogP contribution in [0, 0.1) is 5.41 Å². The number of thiophene rings is 1. The number of amides is 2. The molecule has 2 N–H and O–H groups in total. The Kier molecular flexibility index (Phi) is 4.81. The second kappa shape index (κ2) is 6.39. The predicted octanol–water partition coefficient (Wildman–Crippen LogP) is 2.56. The van der Waals surface area contributed by atoms with Gasteiger partial charge in [0.05, 0.1) is 4.88 Å². The molecule has 2 amide bonds. The van der Waals surface area contributed by atoms with Gasteiger partial charge in [-0.15, -0.1) is 11.3 Å². The predicted molar refractivity (Wildman–Crippen MR) is 80.8 cm³/mol. The minimum atomic E-state index is -0.102. The fraction of sp³-hybridized carbons (Fsp3) is 0.600. The van der Waals surface area contributed by atoms with Crippen LogP contribution < -0.4 is 10.6 Å². The zero-order chi connectivity index (χ0) is 14.6. The van der Waals surface area contributed by atoms with E-state index in [0.29, 0.717) is 29.3 Å². The molecule has 0 aliphatic heterocycles. The van der Waals surface area contributed by atoms with E-state index >= 15 is 0 Å². The highest BCUT2D eigenvalue weighted by atomic mass is 32.1. The number of carbonyl (C=O) groups excluding carboxylic acids is 2. The van der Waals surface area contributed by atoms with Gasteiger partial charge in [0, 0.05) is 19.0 Å². The molecule has 1 atom stereocenters. The Balaban J connectivity index is 1.65. The van der Waals surface area contributed by atoms with Crippen molar-refractivity contribution in [3.63, 3.8) is 0 Å². The summed E-state index contributed by atoms with van der Waals surface area (Å²) in [5.41, 5.74) is 0.339. The lowest BCUT2D eigenvalue weighted by Crippen LogP contribution is -2.36. The van der Waals surface area contributed by atoms with Crippen LogP contribution in [0.2, 0.25) is 0 Å². The second-order valence-corrected chi connectivity index (χ2v) is 7.10. The lowest BCUT2D eigenvalue weighted by Gasteiger charge is -2.17. The van der Waals surface area contributed by atoms with Crippen molar-refractivity contribution in [1.29, 1.82) is 0 Å². The van der Waals surface area contributed by atoms with Gasteiger partial charge in [-0.25, -0.2) is 0 Å². The standard InChI is InChI=1S/C15H22N2O2S/c1-15(2)7-5-11(10-15)17-13(18)6-8-16-14(19)12-4-3-9-20-12/h3-4,9,11H,5-8,10H2,1-2H3,(H,16,19)(H,17,18). The Hall–Kier alpha value is -1.36. The monoisotopic (exact) mass is 294 g/mol. The van der Waals surface area contributed by atoms with Crippen LogP contribution in [-0.4, -0.2) is 24.4 Å². The molecule has 1 aliphatic carbocycles. The van der Waals surface area contributed by atoms with Crippen molar-refractivity contribution >= 4 is 23.2 Å². The molecule has 5 heteroatoms. The summed E-state index contributed by atoms with van der Waals surface area (Å²) < 4.78 is 0. The second-order valence-electron chi connectivity index (χ2n) is 6.15. The molecule has 110 valence electrons. The van der Waals surface area contributed by atoms with Gasteiger partial charge in [0.25, 0.3) is 5.91 Å². The van der Waals surface area contributed by atoms with Gasteiger partial charge < -0.3 is 10.6 Å². The van der Waals surface area contributed by atoms with Crippen molar-refractivity contribution in [3.05, 3.63) is 22.4 Å². The van der Waals surface area contributed by atoms with Crippen LogP contribution in [-0.2, 0) is 4.79 Å². The van der Waals surface area contributed by atoms with E-state index in [1.807, 2.05) is 11.4 Å². The molecule has 0 aromatic carbocycles. The fourth-order valence-electron chi connectivity index (χ4n) is 2.64. The van der Waals surface area contributed by atoms with E-state index in [1.54, 1.807) is 6.07 Å². The molecule has 0 bridgehead atoms. The molecule has 1 saturated carbocycles. The Morgan fingerprint density at radius 2 is 2.25 bits per heavy atom. The molecule has 1 fully saturated rings. The minimum Gasteiger partial charge on any atom is -0.353 e. The molecular weight excluding hydrogens is 272 g/mol. The van der Waals surface area contributed by atoms with Crippen LogP contribution in [0.5, 0.6) is 0 Å². The molecule has 20 heavy (non-hydrogen) atoms. The van der Waals surface area contributed by atoms with E-state index < -0.39 is 0 Å². The van der Waals surface area contributed by atoms with Crippen molar-refractivity contribution in [2.45, 2.75) is 45.6 Å². The number of rotatable bonds is 5. The third-order valence-corrected chi connectivity index (χ3v) is 4.58.